The second-order valence-corrected chi connectivity index (χ2v) is 11.3. The van der Waals surface area contributed by atoms with Crippen LogP contribution >= 0.6 is 0 Å². The van der Waals surface area contributed by atoms with Crippen molar-refractivity contribution in [1.82, 2.24) is 10.6 Å². The molecule has 3 fully saturated rings. The summed E-state index contributed by atoms with van der Waals surface area (Å²) in [4.78, 5) is 36.1. The summed E-state index contributed by atoms with van der Waals surface area (Å²) in [6, 6.07) is -3.08. The molecule has 266 valence electrons. The van der Waals surface area contributed by atoms with E-state index in [1.54, 1.807) is 0 Å². The summed E-state index contributed by atoms with van der Waals surface area (Å²) in [5.41, 5.74) is 0. The van der Waals surface area contributed by atoms with Crippen molar-refractivity contribution in [3.05, 3.63) is 0 Å². The normalized spacial score (nSPS) is 42.9. The molecular weight excluding hydrogens is 632 g/mol. The van der Waals surface area contributed by atoms with Crippen molar-refractivity contribution in [3.8, 4) is 0 Å². The van der Waals surface area contributed by atoms with Crippen LogP contribution in [0, 0.1) is 0 Å². The first kappa shape index (κ1) is 38.3. The van der Waals surface area contributed by atoms with Crippen molar-refractivity contribution in [3.63, 3.8) is 0 Å². The van der Waals surface area contributed by atoms with Gasteiger partial charge in [-0.25, -0.2) is 4.79 Å². The fourth-order valence-corrected chi connectivity index (χ4v) is 5.45. The average Bonchev–Trinajstić information content (AvgIpc) is 2.99. The van der Waals surface area contributed by atoms with E-state index >= 15 is 0 Å². The molecule has 13 N–H and O–H groups in total. The van der Waals surface area contributed by atoms with Gasteiger partial charge < -0.3 is 90.5 Å². The van der Waals surface area contributed by atoms with Crippen molar-refractivity contribution in [2.45, 2.75) is 118 Å². The lowest BCUT2D eigenvalue weighted by molar-refractivity contribution is -0.352. The molecule has 0 aromatic heterocycles. The monoisotopic (exact) mass is 674 g/mol. The maximum atomic E-state index is 12.5. The number of aliphatic carboxylic acids is 1. The molecule has 3 aliphatic rings. The Morgan fingerprint density at radius 3 is 2.02 bits per heavy atom. The highest BCUT2D eigenvalue weighted by atomic mass is 16.7. The fraction of sp³-hybridized carbons (Fsp3) is 0.880. The predicted molar refractivity (Wildman–Crippen MR) is 142 cm³/mol. The number of amides is 2. The van der Waals surface area contributed by atoms with Crippen LogP contribution in [-0.4, -0.2) is 191 Å². The van der Waals surface area contributed by atoms with Gasteiger partial charge >= 0.3 is 5.97 Å². The first-order valence-electron chi connectivity index (χ1n) is 14.2. The third-order valence-electron chi connectivity index (χ3n) is 7.87. The quantitative estimate of drug-likeness (QED) is 0.0913. The molecule has 2 amide bonds. The largest absolute Gasteiger partial charge is 0.477 e. The summed E-state index contributed by atoms with van der Waals surface area (Å²) >= 11 is 0. The van der Waals surface area contributed by atoms with Crippen molar-refractivity contribution in [2.24, 2.45) is 0 Å². The number of hydrogen-bond acceptors (Lipinski definition) is 18. The van der Waals surface area contributed by atoms with Crippen LogP contribution in [0.5, 0.6) is 0 Å². The third kappa shape index (κ3) is 8.26. The van der Waals surface area contributed by atoms with E-state index in [0.29, 0.717) is 0 Å². The van der Waals surface area contributed by atoms with E-state index in [1.807, 2.05) is 0 Å². The molecule has 3 heterocycles. The summed E-state index contributed by atoms with van der Waals surface area (Å²) < 4.78 is 27.2. The number of hydrogen-bond donors (Lipinski definition) is 13. The minimum Gasteiger partial charge on any atom is -0.477 e. The van der Waals surface area contributed by atoms with Crippen molar-refractivity contribution >= 4 is 17.8 Å². The van der Waals surface area contributed by atoms with E-state index in [4.69, 9.17) is 23.7 Å². The van der Waals surface area contributed by atoms with Gasteiger partial charge in [0.25, 0.3) is 5.79 Å². The first-order chi connectivity index (χ1) is 21.5. The molecule has 0 radical (unpaired) electrons. The van der Waals surface area contributed by atoms with Crippen LogP contribution in [0.2, 0.25) is 0 Å². The summed E-state index contributed by atoms with van der Waals surface area (Å²) in [5.74, 6) is -6.20. The molecule has 0 aromatic carbocycles. The molecule has 21 nitrogen and oxygen atoms in total. The number of aliphatic hydroxyl groups excluding tert-OH is 10. The van der Waals surface area contributed by atoms with Gasteiger partial charge in [0.05, 0.1) is 32.0 Å². The van der Waals surface area contributed by atoms with E-state index in [0.717, 1.165) is 13.8 Å². The van der Waals surface area contributed by atoms with Gasteiger partial charge in [0, 0.05) is 20.3 Å². The molecule has 21 heteroatoms. The summed E-state index contributed by atoms with van der Waals surface area (Å²) in [6.07, 6.45) is -24.9. The van der Waals surface area contributed by atoms with Gasteiger partial charge in [-0.2, -0.15) is 0 Å². The second-order valence-electron chi connectivity index (χ2n) is 11.3. The number of carboxylic acids is 1. The fourth-order valence-electron chi connectivity index (χ4n) is 5.45. The standard InChI is InChI=1S/C25H42N2O19/c1-7(30)26-13-9(32)3-25(24(40)41,46-20(13)15(34)10(33)4-28)42-6-12-16(35)18(37)14(27-8(2)31)23(44-12)45-21-17(36)11(5-29)43-22(39)19(21)38/h9-23,28-29,32-39H,3-6H2,1-2H3,(H,26,30)(H,27,31)(H,40,41)/t9-,10+,11+,12+,13+,14+,15+,16+,17+,18+,19+,20+,21-,22+,23-,25+/m0/s1. The molecule has 0 aromatic rings. The smallest absolute Gasteiger partial charge is 0.364 e. The van der Waals surface area contributed by atoms with Crippen molar-refractivity contribution in [1.29, 1.82) is 0 Å². The molecule has 46 heavy (non-hydrogen) atoms. The van der Waals surface area contributed by atoms with Crippen LogP contribution < -0.4 is 10.6 Å². The van der Waals surface area contributed by atoms with Gasteiger partial charge in [0.2, 0.25) is 11.8 Å². The van der Waals surface area contributed by atoms with Crippen LogP contribution in [0.1, 0.15) is 20.3 Å². The van der Waals surface area contributed by atoms with Gasteiger partial charge in [-0.15, -0.1) is 0 Å². The Morgan fingerprint density at radius 1 is 0.870 bits per heavy atom. The number of carbonyl (C=O) groups is 3. The van der Waals surface area contributed by atoms with Crippen LogP contribution in [-0.2, 0) is 38.1 Å². The molecule has 3 saturated heterocycles. The number of carbonyl (C=O) groups excluding carboxylic acids is 2. The highest BCUT2D eigenvalue weighted by Gasteiger charge is 2.57. The van der Waals surface area contributed by atoms with Crippen LogP contribution in [0.3, 0.4) is 0 Å². The van der Waals surface area contributed by atoms with Crippen LogP contribution in [0.15, 0.2) is 0 Å². The lowest BCUT2D eigenvalue weighted by Crippen LogP contribution is -2.69. The molecule has 0 bridgehead atoms. The molecular formula is C25H42N2O19. The minimum atomic E-state index is -2.85. The summed E-state index contributed by atoms with van der Waals surface area (Å²) in [6.45, 7) is -0.712. The number of aliphatic hydroxyl groups is 10. The second kappa shape index (κ2) is 15.8. The van der Waals surface area contributed by atoms with Gasteiger partial charge in [0.15, 0.2) is 12.6 Å². The number of nitrogens with one attached hydrogen (secondary N) is 2. The Bertz CT molecular complexity index is 1050. The molecule has 0 saturated carbocycles. The summed E-state index contributed by atoms with van der Waals surface area (Å²) in [5, 5.41) is 117. The summed E-state index contributed by atoms with van der Waals surface area (Å²) in [7, 11) is 0. The third-order valence-corrected chi connectivity index (χ3v) is 7.87. The Morgan fingerprint density at radius 2 is 1.48 bits per heavy atom. The Hall–Kier alpha value is -2.19. The molecule has 0 aliphatic carbocycles. The SMILES string of the molecule is CC(=O)N[C@H]1[C@H](O[C@@H]2[C@@H](O)[C@H](O)O[C@H](CO)[C@H]2O)O[C@H](CO[C@]2(C(=O)O)C[C@H](O)[C@@H](NC(C)=O)[C@H]([C@H](O)[C@H](O)CO)O2)[C@@H](O)[C@@H]1O. The predicted octanol–water partition coefficient (Wildman–Crippen LogP) is -8.08. The molecule has 0 spiro atoms. The van der Waals surface area contributed by atoms with Gasteiger partial charge in [-0.1, -0.05) is 0 Å². The van der Waals surface area contributed by atoms with Gasteiger partial charge in [0.1, 0.15) is 67.1 Å². The van der Waals surface area contributed by atoms with E-state index < -0.39 is 142 Å². The zero-order valence-corrected chi connectivity index (χ0v) is 24.7. The first-order valence-corrected chi connectivity index (χ1v) is 14.2. The van der Waals surface area contributed by atoms with Gasteiger partial charge in [-0.3, -0.25) is 9.59 Å². The lowest BCUT2D eigenvalue weighted by Gasteiger charge is -2.48. The van der Waals surface area contributed by atoms with E-state index in [2.05, 4.69) is 10.6 Å². The zero-order chi connectivity index (χ0) is 34.7. The van der Waals surface area contributed by atoms with Crippen LogP contribution in [0.25, 0.3) is 0 Å². The van der Waals surface area contributed by atoms with Crippen molar-refractivity contribution in [2.75, 3.05) is 19.8 Å². The number of rotatable bonds is 12. The number of ether oxygens (including phenoxy) is 5. The highest BCUT2D eigenvalue weighted by molar-refractivity contribution is 5.76. The molecule has 3 rings (SSSR count). The molecule has 16 atom stereocenters. The van der Waals surface area contributed by atoms with Gasteiger partial charge in [-0.05, 0) is 0 Å². The maximum absolute atomic E-state index is 12.5. The average molecular weight is 675 g/mol. The Balaban J connectivity index is 1.88. The maximum Gasteiger partial charge on any atom is 0.364 e. The van der Waals surface area contributed by atoms with E-state index in [1.165, 1.54) is 0 Å². The zero-order valence-electron chi connectivity index (χ0n) is 24.7. The topological polar surface area (TPSA) is 344 Å². The Kier molecular flexibility index (Phi) is 13.1. The van der Waals surface area contributed by atoms with E-state index in [9.17, 15) is 70.6 Å². The Labute approximate surface area is 260 Å². The van der Waals surface area contributed by atoms with E-state index in [-0.39, 0.29) is 0 Å². The van der Waals surface area contributed by atoms with Crippen molar-refractivity contribution < 1.29 is 94.2 Å². The highest BCUT2D eigenvalue weighted by Crippen LogP contribution is 2.35. The molecule has 3 aliphatic heterocycles. The molecule has 0 unspecified atom stereocenters. The lowest BCUT2D eigenvalue weighted by atomic mass is 9.88. The minimum absolute atomic E-state index is 0.725. The number of carboxylic acid groups (broad SMARTS) is 1. The van der Waals surface area contributed by atoms with Crippen LogP contribution in [0.4, 0.5) is 0 Å².